The summed E-state index contributed by atoms with van der Waals surface area (Å²) in [7, 11) is 3.30. The minimum absolute atomic E-state index is 0.0669. The Balaban J connectivity index is 2.23. The highest BCUT2D eigenvalue weighted by atomic mass is 16.5. The molecule has 0 spiro atoms. The fraction of sp³-hybridized carbons (Fsp3) is 0.333. The molecule has 0 radical (unpaired) electrons. The normalized spacial score (nSPS) is 18.1. The van der Waals surface area contributed by atoms with Gasteiger partial charge in [0.1, 0.15) is 23.4 Å². The minimum atomic E-state index is 0.0669. The maximum atomic E-state index is 5.86. The number of rotatable bonds is 4. The maximum Gasteiger partial charge on any atom is 0.130 e. The average Bonchev–Trinajstić information content (AvgIpc) is 2.80. The van der Waals surface area contributed by atoms with Crippen molar-refractivity contribution in [3.05, 3.63) is 42.0 Å². The minimum Gasteiger partial charge on any atom is -0.496 e. The third-order valence-corrected chi connectivity index (χ3v) is 2.91. The van der Waals surface area contributed by atoms with Gasteiger partial charge in [0.25, 0.3) is 0 Å². The van der Waals surface area contributed by atoms with Gasteiger partial charge >= 0.3 is 0 Å². The summed E-state index contributed by atoms with van der Waals surface area (Å²) in [6.07, 6.45) is 8.92. The number of hydrogen-bond donors (Lipinski definition) is 0. The van der Waals surface area contributed by atoms with Crippen molar-refractivity contribution in [2.75, 3.05) is 14.2 Å². The second-order valence-corrected chi connectivity index (χ2v) is 4.08. The molecular weight excluding hydrogens is 228 g/mol. The average molecular weight is 246 g/mol. The van der Waals surface area contributed by atoms with E-state index in [2.05, 4.69) is 0 Å². The van der Waals surface area contributed by atoms with Crippen LogP contribution in [0.2, 0.25) is 0 Å². The maximum absolute atomic E-state index is 5.86. The van der Waals surface area contributed by atoms with Crippen LogP contribution in [-0.4, -0.2) is 20.3 Å². The largest absolute Gasteiger partial charge is 0.496 e. The van der Waals surface area contributed by atoms with Crippen molar-refractivity contribution in [2.45, 2.75) is 19.4 Å². The first kappa shape index (κ1) is 12.6. The van der Waals surface area contributed by atoms with Crippen molar-refractivity contribution in [2.24, 2.45) is 0 Å². The van der Waals surface area contributed by atoms with Crippen LogP contribution in [0, 0.1) is 0 Å². The Morgan fingerprint density at radius 3 is 2.72 bits per heavy atom. The Kier molecular flexibility index (Phi) is 3.92. The number of benzene rings is 1. The molecule has 96 valence electrons. The number of methoxy groups -OCH3 is 2. The second-order valence-electron chi connectivity index (χ2n) is 4.08. The van der Waals surface area contributed by atoms with Gasteiger partial charge in [-0.25, -0.2) is 0 Å². The van der Waals surface area contributed by atoms with E-state index in [1.54, 1.807) is 14.2 Å². The summed E-state index contributed by atoms with van der Waals surface area (Å²) in [5.74, 6) is 2.43. The van der Waals surface area contributed by atoms with Gasteiger partial charge in [0.2, 0.25) is 0 Å². The molecule has 0 saturated heterocycles. The molecule has 3 heteroatoms. The van der Waals surface area contributed by atoms with Crippen molar-refractivity contribution in [1.82, 2.24) is 0 Å². The van der Waals surface area contributed by atoms with Crippen molar-refractivity contribution < 1.29 is 14.2 Å². The van der Waals surface area contributed by atoms with E-state index in [4.69, 9.17) is 14.2 Å². The SMILES string of the molecule is CC=CC=CC1Cc2c(OC)cc(OC)cc2O1. The molecule has 18 heavy (non-hydrogen) atoms. The first-order chi connectivity index (χ1) is 8.78. The number of ether oxygens (including phenoxy) is 3. The zero-order valence-electron chi connectivity index (χ0n) is 11.0. The first-order valence-electron chi connectivity index (χ1n) is 5.99. The summed E-state index contributed by atoms with van der Waals surface area (Å²) in [5, 5.41) is 0. The van der Waals surface area contributed by atoms with Crippen molar-refractivity contribution in [1.29, 1.82) is 0 Å². The molecule has 1 unspecified atom stereocenters. The van der Waals surface area contributed by atoms with E-state index < -0.39 is 0 Å². The second kappa shape index (κ2) is 5.63. The molecule has 1 aromatic carbocycles. The van der Waals surface area contributed by atoms with Gasteiger partial charge < -0.3 is 14.2 Å². The molecule has 0 amide bonds. The number of fused-ring (bicyclic) bond motifs is 1. The quantitative estimate of drug-likeness (QED) is 0.764. The van der Waals surface area contributed by atoms with E-state index in [0.29, 0.717) is 0 Å². The molecule has 0 aromatic heterocycles. The molecule has 1 aromatic rings. The fourth-order valence-electron chi connectivity index (χ4n) is 2.01. The Hall–Kier alpha value is -1.90. The van der Waals surface area contributed by atoms with Gasteiger partial charge in [0.15, 0.2) is 0 Å². The van der Waals surface area contributed by atoms with Crippen LogP contribution in [-0.2, 0) is 6.42 Å². The number of allylic oxidation sites excluding steroid dienone is 3. The third kappa shape index (κ3) is 2.50. The van der Waals surface area contributed by atoms with E-state index in [-0.39, 0.29) is 6.10 Å². The highest BCUT2D eigenvalue weighted by Crippen LogP contribution is 2.39. The van der Waals surface area contributed by atoms with Gasteiger partial charge in [-0.15, -0.1) is 0 Å². The Bertz CT molecular complexity index is 475. The molecule has 1 aliphatic rings. The predicted octanol–water partition coefficient (Wildman–Crippen LogP) is 3.14. The molecule has 1 aliphatic heterocycles. The lowest BCUT2D eigenvalue weighted by molar-refractivity contribution is 0.282. The van der Waals surface area contributed by atoms with Crippen molar-refractivity contribution >= 4 is 0 Å². The van der Waals surface area contributed by atoms with Gasteiger partial charge in [-0.2, -0.15) is 0 Å². The van der Waals surface area contributed by atoms with Crippen LogP contribution in [0.5, 0.6) is 17.2 Å². The topological polar surface area (TPSA) is 27.7 Å². The van der Waals surface area contributed by atoms with Gasteiger partial charge in [-0.1, -0.05) is 18.2 Å². The Labute approximate surface area is 108 Å². The van der Waals surface area contributed by atoms with Gasteiger partial charge in [-0.3, -0.25) is 0 Å². The molecule has 0 saturated carbocycles. The summed E-state index contributed by atoms with van der Waals surface area (Å²) >= 11 is 0. The van der Waals surface area contributed by atoms with Gasteiger partial charge in [-0.05, 0) is 13.0 Å². The molecule has 0 fully saturated rings. The summed E-state index contributed by atoms with van der Waals surface area (Å²) in [4.78, 5) is 0. The third-order valence-electron chi connectivity index (χ3n) is 2.91. The predicted molar refractivity (Wildman–Crippen MR) is 71.6 cm³/mol. The van der Waals surface area contributed by atoms with E-state index in [0.717, 1.165) is 29.2 Å². The molecule has 0 N–H and O–H groups in total. The fourth-order valence-corrected chi connectivity index (χ4v) is 2.01. The molecule has 0 bridgehead atoms. The monoisotopic (exact) mass is 246 g/mol. The molecule has 1 heterocycles. The van der Waals surface area contributed by atoms with E-state index in [1.807, 2.05) is 43.4 Å². The summed E-state index contributed by atoms with van der Waals surface area (Å²) < 4.78 is 16.5. The van der Waals surface area contributed by atoms with Crippen LogP contribution in [0.3, 0.4) is 0 Å². The highest BCUT2D eigenvalue weighted by molar-refractivity contribution is 5.53. The lowest BCUT2D eigenvalue weighted by Crippen LogP contribution is -2.08. The summed E-state index contributed by atoms with van der Waals surface area (Å²) in [6, 6.07) is 3.79. The summed E-state index contributed by atoms with van der Waals surface area (Å²) in [6.45, 7) is 1.99. The standard InChI is InChI=1S/C15H18O3/c1-4-5-6-7-11-8-13-14(17-3)9-12(16-2)10-15(13)18-11/h4-7,9-11H,8H2,1-3H3. The van der Waals surface area contributed by atoms with E-state index >= 15 is 0 Å². The molecule has 0 aliphatic carbocycles. The molecule has 1 atom stereocenters. The molecule has 3 nitrogen and oxygen atoms in total. The Morgan fingerprint density at radius 2 is 2.06 bits per heavy atom. The van der Waals surface area contributed by atoms with Crippen LogP contribution in [0.1, 0.15) is 12.5 Å². The van der Waals surface area contributed by atoms with Crippen LogP contribution in [0.25, 0.3) is 0 Å². The van der Waals surface area contributed by atoms with Gasteiger partial charge in [0, 0.05) is 24.1 Å². The summed E-state index contributed by atoms with van der Waals surface area (Å²) in [5.41, 5.74) is 1.11. The lowest BCUT2D eigenvalue weighted by atomic mass is 10.1. The molecule has 2 rings (SSSR count). The Morgan fingerprint density at radius 1 is 1.22 bits per heavy atom. The van der Waals surface area contributed by atoms with Crippen molar-refractivity contribution in [3.8, 4) is 17.2 Å². The van der Waals surface area contributed by atoms with E-state index in [1.165, 1.54) is 0 Å². The highest BCUT2D eigenvalue weighted by Gasteiger charge is 2.25. The molecular formula is C15H18O3. The van der Waals surface area contributed by atoms with Crippen LogP contribution in [0.4, 0.5) is 0 Å². The number of hydrogen-bond acceptors (Lipinski definition) is 3. The first-order valence-corrected chi connectivity index (χ1v) is 5.99. The van der Waals surface area contributed by atoms with Crippen LogP contribution < -0.4 is 14.2 Å². The van der Waals surface area contributed by atoms with Crippen LogP contribution >= 0.6 is 0 Å². The lowest BCUT2D eigenvalue weighted by Gasteiger charge is -2.08. The zero-order valence-corrected chi connectivity index (χ0v) is 11.0. The zero-order chi connectivity index (χ0) is 13.0. The van der Waals surface area contributed by atoms with Gasteiger partial charge in [0.05, 0.1) is 14.2 Å². The smallest absolute Gasteiger partial charge is 0.130 e. The van der Waals surface area contributed by atoms with Crippen molar-refractivity contribution in [3.63, 3.8) is 0 Å². The van der Waals surface area contributed by atoms with E-state index in [9.17, 15) is 0 Å². The van der Waals surface area contributed by atoms with Crippen LogP contribution in [0.15, 0.2) is 36.4 Å².